The summed E-state index contributed by atoms with van der Waals surface area (Å²) in [5, 5.41) is 0. The van der Waals surface area contributed by atoms with Gasteiger partial charge in [-0.25, -0.2) is 0 Å². The van der Waals surface area contributed by atoms with Crippen LogP contribution in [0.3, 0.4) is 0 Å². The lowest BCUT2D eigenvalue weighted by Gasteiger charge is -2.04. The minimum absolute atomic E-state index is 0.711. The fraction of sp³-hybridized carbons (Fsp3) is 0.400. The molecule has 0 aliphatic carbocycles. The van der Waals surface area contributed by atoms with Gasteiger partial charge in [-0.05, 0) is 17.3 Å². The third-order valence-corrected chi connectivity index (χ3v) is 2.74. The molecule has 0 aliphatic heterocycles. The third-order valence-electron chi connectivity index (χ3n) is 1.83. The van der Waals surface area contributed by atoms with Crippen molar-refractivity contribution in [1.29, 1.82) is 0 Å². The maximum absolute atomic E-state index is 2.28. The first kappa shape index (κ1) is 8.66. The Labute approximate surface area is 73.0 Å². The van der Waals surface area contributed by atoms with Gasteiger partial charge in [0.1, 0.15) is 5.75 Å². The summed E-state index contributed by atoms with van der Waals surface area (Å²) in [5.74, 6) is 1.98. The molecular weight excluding hydrogens is 152 g/mol. The van der Waals surface area contributed by atoms with Gasteiger partial charge in [0.25, 0.3) is 0 Å². The quantitative estimate of drug-likeness (QED) is 0.478. The number of rotatable bonds is 3. The van der Waals surface area contributed by atoms with Gasteiger partial charge in [-0.3, -0.25) is 0 Å². The van der Waals surface area contributed by atoms with Crippen LogP contribution in [-0.2, 0) is 11.8 Å². The molecule has 0 N–H and O–H groups in total. The Kier molecular flexibility index (Phi) is 3.50. The maximum atomic E-state index is 2.28. The van der Waals surface area contributed by atoms with Crippen LogP contribution in [0.2, 0.25) is 0 Å². The first-order chi connectivity index (χ1) is 5.34. The van der Waals surface area contributed by atoms with E-state index in [2.05, 4.69) is 43.5 Å². The highest BCUT2D eigenvalue weighted by molar-refractivity contribution is 7.77. The topological polar surface area (TPSA) is 0 Å². The van der Waals surface area contributed by atoms with E-state index < -0.39 is 0 Å². The van der Waals surface area contributed by atoms with Gasteiger partial charge in [-0.15, -0.1) is 0 Å². The van der Waals surface area contributed by atoms with E-state index in [1.165, 1.54) is 23.1 Å². The molecule has 0 heterocycles. The van der Waals surface area contributed by atoms with Crippen LogP contribution in [0, 0.1) is 0 Å². The summed E-state index contributed by atoms with van der Waals surface area (Å²) >= 11 is 1.48. The summed E-state index contributed by atoms with van der Waals surface area (Å²) in [6.07, 6.45) is 2.21. The van der Waals surface area contributed by atoms with Crippen molar-refractivity contribution in [2.45, 2.75) is 12.8 Å². The molecule has 0 saturated carbocycles. The van der Waals surface area contributed by atoms with Gasteiger partial charge in [-0.2, -0.15) is 0 Å². The summed E-state index contributed by atoms with van der Waals surface area (Å²) in [4.78, 5) is 0. The molecule has 0 aliphatic rings. The van der Waals surface area contributed by atoms with Crippen LogP contribution in [0.5, 0.6) is 0 Å². The van der Waals surface area contributed by atoms with Gasteiger partial charge in [0.15, 0.2) is 0 Å². The zero-order valence-electron chi connectivity index (χ0n) is 7.12. The summed E-state index contributed by atoms with van der Waals surface area (Å²) in [6, 6.07) is 10.7. The number of benzene rings is 1. The van der Waals surface area contributed by atoms with Crippen LogP contribution in [0.4, 0.5) is 0 Å². The zero-order valence-corrected chi connectivity index (χ0v) is 8.01. The second-order valence-electron chi connectivity index (χ2n) is 2.81. The van der Waals surface area contributed by atoms with E-state index >= 15 is 0 Å². The standard InChI is InChI=1S/C10H14S/c1-9(8-11-2)10-6-4-3-5-7-10/h3-7,9H,8H2,1-2H3/p+1. The molecule has 1 aromatic rings. The Balaban J connectivity index is 2.61. The SMILES string of the molecule is C[SH+]CC(C)c1ccccc1. The first-order valence-corrected chi connectivity index (χ1v) is 5.48. The van der Waals surface area contributed by atoms with Gasteiger partial charge in [0.05, 0.1) is 6.26 Å². The van der Waals surface area contributed by atoms with E-state index in [0.29, 0.717) is 5.92 Å². The smallest absolute Gasteiger partial charge is 0.0622 e. The summed E-state index contributed by atoms with van der Waals surface area (Å²) in [6.45, 7) is 2.28. The van der Waals surface area contributed by atoms with Gasteiger partial charge in [-0.1, -0.05) is 37.3 Å². The molecule has 1 atom stereocenters. The van der Waals surface area contributed by atoms with E-state index in [9.17, 15) is 0 Å². The second-order valence-corrected chi connectivity index (χ2v) is 3.81. The average molecular weight is 167 g/mol. The fourth-order valence-electron chi connectivity index (χ4n) is 1.16. The lowest BCUT2D eigenvalue weighted by Crippen LogP contribution is -2.00. The van der Waals surface area contributed by atoms with Gasteiger partial charge in [0.2, 0.25) is 0 Å². The molecule has 1 aromatic carbocycles. The fourth-order valence-corrected chi connectivity index (χ4v) is 1.92. The molecule has 0 bridgehead atoms. The Morgan fingerprint density at radius 1 is 1.27 bits per heavy atom. The van der Waals surface area contributed by atoms with Crippen molar-refractivity contribution in [3.05, 3.63) is 35.9 Å². The Morgan fingerprint density at radius 2 is 1.91 bits per heavy atom. The second kappa shape index (κ2) is 4.45. The minimum atomic E-state index is 0.711. The average Bonchev–Trinajstić information content (AvgIpc) is 2.07. The van der Waals surface area contributed by atoms with Crippen LogP contribution in [-0.4, -0.2) is 12.0 Å². The molecule has 0 spiro atoms. The zero-order chi connectivity index (χ0) is 8.10. The highest BCUT2D eigenvalue weighted by Crippen LogP contribution is 2.13. The summed E-state index contributed by atoms with van der Waals surface area (Å²) in [7, 11) is 0. The molecule has 1 heteroatoms. The van der Waals surface area contributed by atoms with Crippen molar-refractivity contribution >= 4 is 11.8 Å². The molecular formula is C10H15S+. The molecule has 0 amide bonds. The molecule has 1 rings (SSSR count). The van der Waals surface area contributed by atoms with Crippen molar-refractivity contribution in [2.75, 3.05) is 12.0 Å². The van der Waals surface area contributed by atoms with Crippen molar-refractivity contribution in [1.82, 2.24) is 0 Å². The Morgan fingerprint density at radius 3 is 2.45 bits per heavy atom. The third kappa shape index (κ3) is 2.58. The van der Waals surface area contributed by atoms with Gasteiger partial charge >= 0.3 is 0 Å². The van der Waals surface area contributed by atoms with E-state index in [-0.39, 0.29) is 0 Å². The molecule has 0 saturated heterocycles. The van der Waals surface area contributed by atoms with Crippen LogP contribution in [0.1, 0.15) is 18.4 Å². The van der Waals surface area contributed by atoms with E-state index in [0.717, 1.165) is 0 Å². The molecule has 11 heavy (non-hydrogen) atoms. The predicted octanol–water partition coefficient (Wildman–Crippen LogP) is 2.23. The first-order valence-electron chi connectivity index (χ1n) is 3.95. The molecule has 0 aromatic heterocycles. The molecule has 60 valence electrons. The van der Waals surface area contributed by atoms with E-state index in [1.54, 1.807) is 0 Å². The van der Waals surface area contributed by atoms with Gasteiger partial charge < -0.3 is 0 Å². The molecule has 0 fully saturated rings. The van der Waals surface area contributed by atoms with Crippen molar-refractivity contribution in [2.24, 2.45) is 0 Å². The van der Waals surface area contributed by atoms with Crippen LogP contribution in [0.15, 0.2) is 30.3 Å². The van der Waals surface area contributed by atoms with Crippen LogP contribution in [0.25, 0.3) is 0 Å². The number of hydrogen-bond donors (Lipinski definition) is 0. The normalized spacial score (nSPS) is 12.9. The lowest BCUT2D eigenvalue weighted by atomic mass is 10.0. The lowest BCUT2D eigenvalue weighted by molar-refractivity contribution is 0.881. The monoisotopic (exact) mass is 167 g/mol. The van der Waals surface area contributed by atoms with E-state index in [1.807, 2.05) is 0 Å². The van der Waals surface area contributed by atoms with Crippen LogP contribution < -0.4 is 0 Å². The molecule has 0 radical (unpaired) electrons. The highest BCUT2D eigenvalue weighted by atomic mass is 32.2. The van der Waals surface area contributed by atoms with Crippen molar-refractivity contribution < 1.29 is 0 Å². The van der Waals surface area contributed by atoms with Crippen molar-refractivity contribution in [3.8, 4) is 0 Å². The van der Waals surface area contributed by atoms with Crippen LogP contribution >= 0.6 is 0 Å². The maximum Gasteiger partial charge on any atom is 0.112 e. The molecule has 0 nitrogen and oxygen atoms in total. The highest BCUT2D eigenvalue weighted by Gasteiger charge is 2.05. The molecule has 1 unspecified atom stereocenters. The van der Waals surface area contributed by atoms with E-state index in [4.69, 9.17) is 0 Å². The van der Waals surface area contributed by atoms with Crippen molar-refractivity contribution in [3.63, 3.8) is 0 Å². The minimum Gasteiger partial charge on any atom is -0.0622 e. The number of hydrogen-bond acceptors (Lipinski definition) is 0. The Bertz CT molecular complexity index is 193. The van der Waals surface area contributed by atoms with Gasteiger partial charge in [0, 0.05) is 5.92 Å². The predicted molar refractivity (Wildman–Crippen MR) is 54.4 cm³/mol. The largest absolute Gasteiger partial charge is 0.112 e. The summed E-state index contributed by atoms with van der Waals surface area (Å²) < 4.78 is 0. The Hall–Kier alpha value is -0.430. The summed E-state index contributed by atoms with van der Waals surface area (Å²) in [5.41, 5.74) is 1.46. The number of thiol groups is 1.